The van der Waals surface area contributed by atoms with Crippen LogP contribution in [0.1, 0.15) is 12.0 Å². The van der Waals surface area contributed by atoms with Crippen molar-refractivity contribution in [1.29, 1.82) is 0 Å². The molecule has 1 aliphatic heterocycles. The van der Waals surface area contributed by atoms with Crippen LogP contribution >= 0.6 is 0 Å². The summed E-state index contributed by atoms with van der Waals surface area (Å²) >= 11 is 0. The molecular formula is C10H12FNO. The lowest BCUT2D eigenvalue weighted by molar-refractivity contribution is 0.309. The number of hydrogen-bond donors (Lipinski definition) is 1. The predicted octanol–water partition coefficient (Wildman–Crippen LogP) is 1.48. The summed E-state index contributed by atoms with van der Waals surface area (Å²) in [5.41, 5.74) is 6.82. The van der Waals surface area contributed by atoms with Gasteiger partial charge in [-0.05, 0) is 24.5 Å². The van der Waals surface area contributed by atoms with Crippen LogP contribution < -0.4 is 10.5 Å². The van der Waals surface area contributed by atoms with Crippen LogP contribution in [0.5, 0.6) is 5.75 Å². The van der Waals surface area contributed by atoms with Crippen molar-refractivity contribution >= 4 is 0 Å². The van der Waals surface area contributed by atoms with Crippen LogP contribution in [0.15, 0.2) is 18.2 Å². The van der Waals surface area contributed by atoms with Crippen molar-refractivity contribution in [1.82, 2.24) is 0 Å². The van der Waals surface area contributed by atoms with Gasteiger partial charge in [0, 0.05) is 12.1 Å². The van der Waals surface area contributed by atoms with Gasteiger partial charge in [-0.2, -0.15) is 0 Å². The van der Waals surface area contributed by atoms with Gasteiger partial charge in [0.25, 0.3) is 0 Å². The zero-order valence-corrected chi connectivity index (χ0v) is 7.29. The average molecular weight is 181 g/mol. The smallest absolute Gasteiger partial charge is 0.126 e. The van der Waals surface area contributed by atoms with Gasteiger partial charge in [0.05, 0.1) is 6.61 Å². The molecule has 2 N–H and O–H groups in total. The van der Waals surface area contributed by atoms with E-state index in [9.17, 15) is 4.39 Å². The highest BCUT2D eigenvalue weighted by Gasteiger charge is 2.14. The molecule has 0 saturated heterocycles. The quantitative estimate of drug-likeness (QED) is 0.658. The fourth-order valence-electron chi connectivity index (χ4n) is 1.54. The van der Waals surface area contributed by atoms with Crippen LogP contribution in [0.3, 0.4) is 0 Å². The third-order valence-electron chi connectivity index (χ3n) is 2.26. The highest BCUT2D eigenvalue weighted by atomic mass is 19.1. The van der Waals surface area contributed by atoms with Crippen LogP contribution in [-0.4, -0.2) is 12.6 Å². The van der Waals surface area contributed by atoms with E-state index >= 15 is 0 Å². The summed E-state index contributed by atoms with van der Waals surface area (Å²) in [7, 11) is 0. The number of fused-ring (bicyclic) bond motifs is 1. The van der Waals surface area contributed by atoms with Crippen molar-refractivity contribution in [3.63, 3.8) is 0 Å². The van der Waals surface area contributed by atoms with Crippen LogP contribution in [0, 0.1) is 5.82 Å². The van der Waals surface area contributed by atoms with Crippen LogP contribution in [0.2, 0.25) is 0 Å². The van der Waals surface area contributed by atoms with E-state index < -0.39 is 0 Å². The standard InChI is InChI=1S/C10H12FNO/c11-8-2-1-7-5-9(12)3-4-13-10(7)6-8/h1-2,6,9H,3-5,12H2. The fraction of sp³-hybridized carbons (Fsp3) is 0.400. The number of halogens is 1. The maximum atomic E-state index is 12.8. The molecule has 1 atom stereocenters. The predicted molar refractivity (Wildman–Crippen MR) is 48.2 cm³/mol. The molecule has 1 unspecified atom stereocenters. The molecule has 0 spiro atoms. The summed E-state index contributed by atoms with van der Waals surface area (Å²) in [6, 6.07) is 4.75. The Morgan fingerprint density at radius 3 is 3.15 bits per heavy atom. The molecule has 2 nitrogen and oxygen atoms in total. The Morgan fingerprint density at radius 1 is 1.46 bits per heavy atom. The molecule has 2 rings (SSSR count). The van der Waals surface area contributed by atoms with Gasteiger partial charge in [-0.25, -0.2) is 4.39 Å². The number of nitrogens with two attached hydrogens (primary N) is 1. The van der Waals surface area contributed by atoms with E-state index in [-0.39, 0.29) is 11.9 Å². The molecule has 1 aromatic carbocycles. The van der Waals surface area contributed by atoms with Gasteiger partial charge >= 0.3 is 0 Å². The molecule has 3 heteroatoms. The second-order valence-corrected chi connectivity index (χ2v) is 3.35. The minimum atomic E-state index is -0.255. The minimum Gasteiger partial charge on any atom is -0.493 e. The van der Waals surface area contributed by atoms with Gasteiger partial charge < -0.3 is 10.5 Å². The van der Waals surface area contributed by atoms with Crippen molar-refractivity contribution in [2.24, 2.45) is 5.73 Å². The summed E-state index contributed by atoms with van der Waals surface area (Å²) < 4.78 is 18.2. The van der Waals surface area contributed by atoms with Gasteiger partial charge in [0.2, 0.25) is 0 Å². The lowest BCUT2D eigenvalue weighted by Crippen LogP contribution is -2.22. The Hall–Kier alpha value is -1.09. The Balaban J connectivity index is 2.34. The Kier molecular flexibility index (Phi) is 2.19. The first-order valence-corrected chi connectivity index (χ1v) is 4.42. The first kappa shape index (κ1) is 8.51. The van der Waals surface area contributed by atoms with Crippen molar-refractivity contribution in [3.05, 3.63) is 29.6 Å². The SMILES string of the molecule is NC1CCOc2cc(F)ccc2C1. The number of ether oxygens (including phenoxy) is 1. The van der Waals surface area contributed by atoms with Crippen molar-refractivity contribution in [2.75, 3.05) is 6.61 Å². The first-order chi connectivity index (χ1) is 6.25. The molecule has 0 bridgehead atoms. The van der Waals surface area contributed by atoms with Crippen LogP contribution in [0.25, 0.3) is 0 Å². The highest BCUT2D eigenvalue weighted by Crippen LogP contribution is 2.24. The normalized spacial score (nSPS) is 21.5. The average Bonchev–Trinajstić information content (AvgIpc) is 2.25. The van der Waals surface area contributed by atoms with Crippen molar-refractivity contribution < 1.29 is 9.13 Å². The molecule has 0 radical (unpaired) electrons. The van der Waals surface area contributed by atoms with Gasteiger partial charge in [-0.15, -0.1) is 0 Å². The monoisotopic (exact) mass is 181 g/mol. The Bertz CT molecular complexity index is 314. The number of hydrogen-bond acceptors (Lipinski definition) is 2. The highest BCUT2D eigenvalue weighted by molar-refractivity contribution is 5.35. The fourth-order valence-corrected chi connectivity index (χ4v) is 1.54. The van der Waals surface area contributed by atoms with E-state index in [4.69, 9.17) is 10.5 Å². The van der Waals surface area contributed by atoms with E-state index in [1.54, 1.807) is 6.07 Å². The van der Waals surface area contributed by atoms with Crippen molar-refractivity contribution in [2.45, 2.75) is 18.9 Å². The molecule has 0 fully saturated rings. The lowest BCUT2D eigenvalue weighted by Gasteiger charge is -2.06. The third kappa shape index (κ3) is 1.80. The molecule has 0 saturated carbocycles. The maximum Gasteiger partial charge on any atom is 0.126 e. The molecule has 1 aromatic rings. The second-order valence-electron chi connectivity index (χ2n) is 3.35. The summed E-state index contributed by atoms with van der Waals surface area (Å²) in [5.74, 6) is 0.391. The summed E-state index contributed by atoms with van der Waals surface area (Å²) in [5, 5.41) is 0. The molecule has 1 aliphatic rings. The molecule has 1 heterocycles. The van der Waals surface area contributed by atoms with Gasteiger partial charge in [-0.3, -0.25) is 0 Å². The van der Waals surface area contributed by atoms with Gasteiger partial charge in [-0.1, -0.05) is 6.07 Å². The molecule has 0 aliphatic carbocycles. The topological polar surface area (TPSA) is 35.2 Å². The molecule has 70 valence electrons. The third-order valence-corrected chi connectivity index (χ3v) is 2.26. The Morgan fingerprint density at radius 2 is 2.31 bits per heavy atom. The molecular weight excluding hydrogens is 169 g/mol. The first-order valence-electron chi connectivity index (χ1n) is 4.42. The molecule has 0 amide bonds. The maximum absolute atomic E-state index is 12.8. The lowest BCUT2D eigenvalue weighted by atomic mass is 10.0. The zero-order chi connectivity index (χ0) is 9.26. The van der Waals surface area contributed by atoms with E-state index in [2.05, 4.69) is 0 Å². The van der Waals surface area contributed by atoms with E-state index in [0.717, 1.165) is 18.4 Å². The Labute approximate surface area is 76.5 Å². The number of benzene rings is 1. The summed E-state index contributed by atoms with van der Waals surface area (Å²) in [6.45, 7) is 0.581. The number of rotatable bonds is 0. The summed E-state index contributed by atoms with van der Waals surface area (Å²) in [6.07, 6.45) is 1.60. The minimum absolute atomic E-state index is 0.131. The van der Waals surface area contributed by atoms with E-state index in [1.165, 1.54) is 12.1 Å². The van der Waals surface area contributed by atoms with Crippen molar-refractivity contribution in [3.8, 4) is 5.75 Å². The van der Waals surface area contributed by atoms with Gasteiger partial charge in [0.15, 0.2) is 0 Å². The largest absolute Gasteiger partial charge is 0.493 e. The summed E-state index contributed by atoms with van der Waals surface area (Å²) in [4.78, 5) is 0. The van der Waals surface area contributed by atoms with E-state index in [1.807, 2.05) is 0 Å². The zero-order valence-electron chi connectivity index (χ0n) is 7.29. The molecule has 13 heavy (non-hydrogen) atoms. The van der Waals surface area contributed by atoms with Crippen LogP contribution in [0.4, 0.5) is 4.39 Å². The van der Waals surface area contributed by atoms with E-state index in [0.29, 0.717) is 12.4 Å². The second kappa shape index (κ2) is 3.34. The van der Waals surface area contributed by atoms with Gasteiger partial charge in [0.1, 0.15) is 11.6 Å². The van der Waals surface area contributed by atoms with Crippen LogP contribution in [-0.2, 0) is 6.42 Å². The molecule has 0 aromatic heterocycles.